The molecule has 110 valence electrons. The third-order valence-electron chi connectivity index (χ3n) is 2.71. The highest BCUT2D eigenvalue weighted by atomic mass is 32.2. The molecule has 1 aromatic carbocycles. The van der Waals surface area contributed by atoms with E-state index in [0.29, 0.717) is 24.5 Å². The van der Waals surface area contributed by atoms with Crippen LogP contribution in [0.5, 0.6) is 5.75 Å². The fourth-order valence-electron chi connectivity index (χ4n) is 1.74. The lowest BCUT2D eigenvalue weighted by molar-refractivity contribution is -0.118. The average Bonchev–Trinajstić information content (AvgIpc) is 2.43. The van der Waals surface area contributed by atoms with Crippen molar-refractivity contribution in [2.24, 2.45) is 0 Å². The first-order valence-corrected chi connectivity index (χ1v) is 7.56. The summed E-state index contributed by atoms with van der Waals surface area (Å²) in [6.07, 6.45) is 0.584. The number of hydrogen-bond donors (Lipinski definition) is 2. The Labute approximate surface area is 117 Å². The summed E-state index contributed by atoms with van der Waals surface area (Å²) in [6.45, 7) is 0.709. The SMILES string of the molecule is COCCCNS(=O)(=O)c1ccc2c(c1)NC(=O)CO2. The molecule has 0 radical (unpaired) electrons. The molecule has 0 fully saturated rings. The Balaban J connectivity index is 2.12. The number of methoxy groups -OCH3 is 1. The largest absolute Gasteiger partial charge is 0.482 e. The molecule has 1 amide bonds. The molecule has 0 aromatic heterocycles. The van der Waals surface area contributed by atoms with Gasteiger partial charge in [0.15, 0.2) is 6.61 Å². The third kappa shape index (κ3) is 3.47. The van der Waals surface area contributed by atoms with Gasteiger partial charge in [-0.15, -0.1) is 0 Å². The number of amides is 1. The van der Waals surface area contributed by atoms with E-state index >= 15 is 0 Å². The van der Waals surface area contributed by atoms with Crippen molar-refractivity contribution in [2.75, 3.05) is 32.2 Å². The number of rotatable bonds is 6. The lowest BCUT2D eigenvalue weighted by Gasteiger charge is -2.18. The number of nitrogens with one attached hydrogen (secondary N) is 2. The second kappa shape index (κ2) is 6.21. The first-order chi connectivity index (χ1) is 9.53. The van der Waals surface area contributed by atoms with Gasteiger partial charge in [-0.25, -0.2) is 13.1 Å². The van der Waals surface area contributed by atoms with E-state index < -0.39 is 10.0 Å². The molecule has 1 heterocycles. The van der Waals surface area contributed by atoms with Crippen LogP contribution in [-0.2, 0) is 19.6 Å². The maximum Gasteiger partial charge on any atom is 0.262 e. The summed E-state index contributed by atoms with van der Waals surface area (Å²) >= 11 is 0. The standard InChI is InChI=1S/C12H16N2O5S/c1-18-6-2-5-13-20(16,17)9-3-4-11-10(7-9)14-12(15)8-19-11/h3-4,7,13H,2,5-6,8H2,1H3,(H,14,15). The van der Waals surface area contributed by atoms with E-state index in [-0.39, 0.29) is 24.0 Å². The van der Waals surface area contributed by atoms with Crippen LogP contribution in [0.4, 0.5) is 5.69 Å². The lowest BCUT2D eigenvalue weighted by Crippen LogP contribution is -2.27. The van der Waals surface area contributed by atoms with Gasteiger partial charge in [0, 0.05) is 20.3 Å². The van der Waals surface area contributed by atoms with Crippen LogP contribution in [-0.4, -0.2) is 41.2 Å². The number of sulfonamides is 1. The smallest absolute Gasteiger partial charge is 0.262 e. The third-order valence-corrected chi connectivity index (χ3v) is 4.17. The van der Waals surface area contributed by atoms with Crippen molar-refractivity contribution in [2.45, 2.75) is 11.3 Å². The summed E-state index contributed by atoms with van der Waals surface area (Å²) in [5, 5.41) is 2.57. The predicted molar refractivity (Wildman–Crippen MR) is 72.2 cm³/mol. The number of anilines is 1. The summed E-state index contributed by atoms with van der Waals surface area (Å²) in [4.78, 5) is 11.3. The molecule has 20 heavy (non-hydrogen) atoms. The van der Waals surface area contributed by atoms with Gasteiger partial charge in [0.25, 0.3) is 5.91 Å². The highest BCUT2D eigenvalue weighted by Gasteiger charge is 2.20. The van der Waals surface area contributed by atoms with Crippen LogP contribution in [0.2, 0.25) is 0 Å². The molecular weight excluding hydrogens is 284 g/mol. The van der Waals surface area contributed by atoms with Crippen molar-refractivity contribution in [1.29, 1.82) is 0 Å². The summed E-state index contributed by atoms with van der Waals surface area (Å²) in [5.74, 6) is 0.156. The van der Waals surface area contributed by atoms with E-state index in [4.69, 9.17) is 9.47 Å². The van der Waals surface area contributed by atoms with Gasteiger partial charge in [-0.3, -0.25) is 4.79 Å². The van der Waals surface area contributed by atoms with Crippen LogP contribution in [0, 0.1) is 0 Å². The molecule has 7 nitrogen and oxygen atoms in total. The summed E-state index contributed by atoms with van der Waals surface area (Å²) in [5.41, 5.74) is 0.362. The van der Waals surface area contributed by atoms with Crippen LogP contribution in [0.1, 0.15) is 6.42 Å². The highest BCUT2D eigenvalue weighted by Crippen LogP contribution is 2.29. The maximum atomic E-state index is 12.1. The van der Waals surface area contributed by atoms with Crippen molar-refractivity contribution >= 4 is 21.6 Å². The van der Waals surface area contributed by atoms with Crippen LogP contribution >= 0.6 is 0 Å². The molecule has 8 heteroatoms. The molecule has 1 aliphatic heterocycles. The normalized spacial score (nSPS) is 14.3. The minimum atomic E-state index is -3.60. The minimum absolute atomic E-state index is 0.0611. The molecule has 0 atom stereocenters. The van der Waals surface area contributed by atoms with Gasteiger partial charge in [0.05, 0.1) is 10.6 Å². The Morgan fingerprint density at radius 2 is 2.25 bits per heavy atom. The molecule has 0 spiro atoms. The van der Waals surface area contributed by atoms with Crippen LogP contribution in [0.3, 0.4) is 0 Å². The van der Waals surface area contributed by atoms with Gasteiger partial charge in [-0.05, 0) is 24.6 Å². The van der Waals surface area contributed by atoms with E-state index in [1.165, 1.54) is 18.2 Å². The molecule has 0 bridgehead atoms. The van der Waals surface area contributed by atoms with Crippen molar-refractivity contribution in [3.05, 3.63) is 18.2 Å². The van der Waals surface area contributed by atoms with E-state index in [1.807, 2.05) is 0 Å². The second-order valence-electron chi connectivity index (χ2n) is 4.24. The molecular formula is C12H16N2O5S. The Bertz CT molecular complexity index is 600. The fraction of sp³-hybridized carbons (Fsp3) is 0.417. The zero-order valence-electron chi connectivity index (χ0n) is 11.0. The Morgan fingerprint density at radius 3 is 3.00 bits per heavy atom. The molecule has 0 unspecified atom stereocenters. The van der Waals surface area contributed by atoms with E-state index in [2.05, 4.69) is 10.0 Å². The molecule has 0 saturated heterocycles. The lowest BCUT2D eigenvalue weighted by atomic mass is 10.2. The summed E-state index contributed by atoms with van der Waals surface area (Å²) < 4.78 is 36.6. The fourth-order valence-corrected chi connectivity index (χ4v) is 2.84. The van der Waals surface area contributed by atoms with Crippen LogP contribution in [0.25, 0.3) is 0 Å². The van der Waals surface area contributed by atoms with E-state index in [9.17, 15) is 13.2 Å². The summed E-state index contributed by atoms with van der Waals surface area (Å²) in [6, 6.07) is 4.35. The molecule has 2 rings (SSSR count). The van der Waals surface area contributed by atoms with Gasteiger partial charge in [-0.1, -0.05) is 0 Å². The van der Waals surface area contributed by atoms with Gasteiger partial charge in [-0.2, -0.15) is 0 Å². The van der Waals surface area contributed by atoms with Gasteiger partial charge in [0.2, 0.25) is 10.0 Å². The first-order valence-electron chi connectivity index (χ1n) is 6.08. The number of benzene rings is 1. The molecule has 2 N–H and O–H groups in total. The van der Waals surface area contributed by atoms with E-state index in [1.54, 1.807) is 7.11 Å². The van der Waals surface area contributed by atoms with Gasteiger partial charge >= 0.3 is 0 Å². The van der Waals surface area contributed by atoms with Gasteiger partial charge < -0.3 is 14.8 Å². The van der Waals surface area contributed by atoms with Crippen molar-refractivity contribution in [3.8, 4) is 5.75 Å². The van der Waals surface area contributed by atoms with Gasteiger partial charge in [0.1, 0.15) is 5.75 Å². The molecule has 0 saturated carbocycles. The quantitative estimate of drug-likeness (QED) is 0.739. The number of carbonyl (C=O) groups excluding carboxylic acids is 1. The summed E-state index contributed by atoms with van der Waals surface area (Å²) in [7, 11) is -2.05. The second-order valence-corrected chi connectivity index (χ2v) is 6.01. The average molecular weight is 300 g/mol. The Kier molecular flexibility index (Phi) is 4.58. The molecule has 1 aliphatic rings. The highest BCUT2D eigenvalue weighted by molar-refractivity contribution is 7.89. The number of carbonyl (C=O) groups is 1. The number of ether oxygens (including phenoxy) is 2. The van der Waals surface area contributed by atoms with Crippen molar-refractivity contribution in [1.82, 2.24) is 4.72 Å². The molecule has 0 aliphatic carbocycles. The topological polar surface area (TPSA) is 93.7 Å². The molecule has 1 aromatic rings. The first kappa shape index (κ1) is 14.8. The Hall–Kier alpha value is -1.64. The number of hydrogen-bond acceptors (Lipinski definition) is 5. The van der Waals surface area contributed by atoms with Crippen molar-refractivity contribution < 1.29 is 22.7 Å². The van der Waals surface area contributed by atoms with Crippen LogP contribution < -0.4 is 14.8 Å². The zero-order chi connectivity index (χ0) is 14.6. The minimum Gasteiger partial charge on any atom is -0.482 e. The maximum absolute atomic E-state index is 12.1. The number of fused-ring (bicyclic) bond motifs is 1. The van der Waals surface area contributed by atoms with Crippen molar-refractivity contribution in [3.63, 3.8) is 0 Å². The van der Waals surface area contributed by atoms with Crippen LogP contribution in [0.15, 0.2) is 23.1 Å². The zero-order valence-corrected chi connectivity index (χ0v) is 11.8. The van der Waals surface area contributed by atoms with E-state index in [0.717, 1.165) is 0 Å². The Morgan fingerprint density at radius 1 is 1.45 bits per heavy atom. The monoisotopic (exact) mass is 300 g/mol. The predicted octanol–water partition coefficient (Wildman–Crippen LogP) is 0.332.